The number of ether oxygens (including phenoxy) is 1. The van der Waals surface area contributed by atoms with E-state index in [0.29, 0.717) is 5.92 Å². The molecule has 0 unspecified atom stereocenters. The minimum absolute atomic E-state index is 0.654. The molecule has 0 bridgehead atoms. The van der Waals surface area contributed by atoms with Gasteiger partial charge in [0.15, 0.2) is 5.13 Å². The molecule has 0 amide bonds. The van der Waals surface area contributed by atoms with Gasteiger partial charge in [0.1, 0.15) is 0 Å². The summed E-state index contributed by atoms with van der Waals surface area (Å²) in [5.41, 5.74) is 1.26. The average molecular weight is 299 g/mol. The molecule has 1 N–H and O–H groups in total. The van der Waals surface area contributed by atoms with Crippen molar-refractivity contribution < 1.29 is 4.74 Å². The molecule has 5 heteroatoms. The lowest BCUT2D eigenvalue weighted by atomic mass is 10.2. The second-order valence-electron chi connectivity index (χ2n) is 5.56. The number of methoxy groups -OCH3 is 1. The number of hydrogen-bond donors (Lipinski definition) is 1. The molecular formula is C15H29N3OS. The van der Waals surface area contributed by atoms with Crippen molar-refractivity contribution in [2.75, 3.05) is 38.8 Å². The fraction of sp³-hybridized carbons (Fsp3) is 0.800. The Balaban J connectivity index is 2.68. The molecule has 0 spiro atoms. The molecule has 0 atom stereocenters. The van der Waals surface area contributed by atoms with Crippen LogP contribution in [0.25, 0.3) is 0 Å². The lowest BCUT2D eigenvalue weighted by Crippen LogP contribution is -2.22. The summed E-state index contributed by atoms with van der Waals surface area (Å²) in [5, 5.41) is 4.57. The van der Waals surface area contributed by atoms with E-state index in [2.05, 4.69) is 38.0 Å². The van der Waals surface area contributed by atoms with E-state index in [-0.39, 0.29) is 0 Å². The Kier molecular flexibility index (Phi) is 8.11. The van der Waals surface area contributed by atoms with Gasteiger partial charge >= 0.3 is 0 Å². The van der Waals surface area contributed by atoms with Gasteiger partial charge in [-0.15, -0.1) is 11.3 Å². The van der Waals surface area contributed by atoms with Crippen molar-refractivity contribution in [2.24, 2.45) is 5.92 Å². The number of nitrogens with zero attached hydrogens (tertiary/aromatic N) is 2. The minimum Gasteiger partial charge on any atom is -0.383 e. The highest BCUT2D eigenvalue weighted by Crippen LogP contribution is 2.27. The smallest absolute Gasteiger partial charge is 0.185 e. The van der Waals surface area contributed by atoms with Gasteiger partial charge in [-0.05, 0) is 12.3 Å². The van der Waals surface area contributed by atoms with E-state index in [1.165, 1.54) is 10.6 Å². The molecule has 0 saturated carbocycles. The molecule has 4 nitrogen and oxygen atoms in total. The molecule has 0 aliphatic carbocycles. The summed E-state index contributed by atoms with van der Waals surface area (Å²) in [4.78, 5) is 8.47. The molecule has 1 aromatic heterocycles. The predicted molar refractivity (Wildman–Crippen MR) is 87.8 cm³/mol. The van der Waals surface area contributed by atoms with Gasteiger partial charge in [0.2, 0.25) is 0 Å². The molecule has 0 radical (unpaired) electrons. The van der Waals surface area contributed by atoms with E-state index in [9.17, 15) is 0 Å². The molecule has 1 heterocycles. The average Bonchev–Trinajstić information content (AvgIpc) is 2.78. The Hall–Kier alpha value is -0.650. The van der Waals surface area contributed by atoms with Crippen LogP contribution in [0.15, 0.2) is 0 Å². The zero-order valence-corrected chi connectivity index (χ0v) is 14.3. The van der Waals surface area contributed by atoms with Gasteiger partial charge < -0.3 is 15.0 Å². The van der Waals surface area contributed by atoms with Gasteiger partial charge in [0, 0.05) is 38.7 Å². The largest absolute Gasteiger partial charge is 0.383 e. The first kappa shape index (κ1) is 17.4. The van der Waals surface area contributed by atoms with Crippen LogP contribution < -0.4 is 10.2 Å². The summed E-state index contributed by atoms with van der Waals surface area (Å²) < 4.78 is 5.06. The van der Waals surface area contributed by atoms with Crippen LogP contribution in [-0.4, -0.2) is 38.8 Å². The quantitative estimate of drug-likeness (QED) is 0.674. The Morgan fingerprint density at radius 2 is 2.15 bits per heavy atom. The first-order valence-corrected chi connectivity index (χ1v) is 8.29. The van der Waals surface area contributed by atoms with E-state index in [1.54, 1.807) is 7.11 Å². The number of rotatable bonds is 10. The number of thiazole rings is 1. The van der Waals surface area contributed by atoms with Crippen molar-refractivity contribution in [3.63, 3.8) is 0 Å². The third-order valence-electron chi connectivity index (χ3n) is 2.99. The van der Waals surface area contributed by atoms with Crippen LogP contribution in [-0.2, 0) is 17.7 Å². The third-order valence-corrected chi connectivity index (χ3v) is 4.20. The van der Waals surface area contributed by atoms with Crippen LogP contribution in [0.4, 0.5) is 5.13 Å². The van der Waals surface area contributed by atoms with E-state index >= 15 is 0 Å². The number of nitrogens with one attached hydrogen (secondary N) is 1. The topological polar surface area (TPSA) is 37.4 Å². The maximum Gasteiger partial charge on any atom is 0.185 e. The zero-order chi connectivity index (χ0) is 15.0. The third kappa shape index (κ3) is 5.77. The second kappa shape index (κ2) is 9.32. The maximum absolute atomic E-state index is 5.06. The Bertz CT molecular complexity index is 379. The van der Waals surface area contributed by atoms with Crippen molar-refractivity contribution in [3.8, 4) is 0 Å². The second-order valence-corrected chi connectivity index (χ2v) is 6.62. The number of hydrogen-bond acceptors (Lipinski definition) is 5. The number of aryl methyl sites for hydroxylation is 1. The Morgan fingerprint density at radius 1 is 1.40 bits per heavy atom. The summed E-state index contributed by atoms with van der Waals surface area (Å²) in [6.07, 6.45) is 2.20. The number of anilines is 1. The first-order chi connectivity index (χ1) is 9.58. The van der Waals surface area contributed by atoms with E-state index < -0.39 is 0 Å². The zero-order valence-electron chi connectivity index (χ0n) is 13.5. The number of aromatic nitrogens is 1. The van der Waals surface area contributed by atoms with Crippen LogP contribution in [0.1, 0.15) is 37.8 Å². The van der Waals surface area contributed by atoms with Crippen molar-refractivity contribution in [3.05, 3.63) is 10.6 Å². The minimum atomic E-state index is 0.654. The van der Waals surface area contributed by atoms with E-state index in [1.807, 2.05) is 11.3 Å². The lowest BCUT2D eigenvalue weighted by molar-refractivity contribution is 0.199. The summed E-state index contributed by atoms with van der Waals surface area (Å²) in [6, 6.07) is 0. The van der Waals surface area contributed by atoms with Gasteiger partial charge in [-0.25, -0.2) is 4.98 Å². The maximum atomic E-state index is 5.06. The molecule has 20 heavy (non-hydrogen) atoms. The Morgan fingerprint density at radius 3 is 2.75 bits per heavy atom. The highest BCUT2D eigenvalue weighted by Gasteiger charge is 2.14. The van der Waals surface area contributed by atoms with Crippen LogP contribution in [0.5, 0.6) is 0 Å². The van der Waals surface area contributed by atoms with Crippen molar-refractivity contribution in [1.29, 1.82) is 0 Å². The summed E-state index contributed by atoms with van der Waals surface area (Å²) in [6.45, 7) is 10.3. The summed E-state index contributed by atoms with van der Waals surface area (Å²) in [7, 11) is 3.87. The van der Waals surface area contributed by atoms with E-state index in [4.69, 9.17) is 9.72 Å². The van der Waals surface area contributed by atoms with Crippen LogP contribution in [0.2, 0.25) is 0 Å². The van der Waals surface area contributed by atoms with Gasteiger partial charge in [-0.2, -0.15) is 0 Å². The predicted octanol–water partition coefficient (Wildman–Crippen LogP) is 2.92. The molecular weight excluding hydrogens is 270 g/mol. The van der Waals surface area contributed by atoms with Crippen molar-refractivity contribution >= 4 is 16.5 Å². The molecule has 0 fully saturated rings. The van der Waals surface area contributed by atoms with E-state index in [0.717, 1.165) is 44.2 Å². The van der Waals surface area contributed by atoms with Crippen LogP contribution in [0.3, 0.4) is 0 Å². The van der Waals surface area contributed by atoms with Gasteiger partial charge in [0.25, 0.3) is 0 Å². The fourth-order valence-corrected chi connectivity index (χ4v) is 3.15. The molecule has 0 saturated heterocycles. The van der Waals surface area contributed by atoms with Crippen molar-refractivity contribution in [1.82, 2.24) is 10.3 Å². The van der Waals surface area contributed by atoms with Crippen LogP contribution >= 0.6 is 11.3 Å². The molecule has 1 aromatic rings. The monoisotopic (exact) mass is 299 g/mol. The SMILES string of the molecule is CCCc1nc(N(C)CC(C)C)sc1CNCCOC. The Labute approximate surface area is 127 Å². The first-order valence-electron chi connectivity index (χ1n) is 7.47. The fourth-order valence-electron chi connectivity index (χ4n) is 2.11. The molecule has 116 valence electrons. The highest BCUT2D eigenvalue weighted by molar-refractivity contribution is 7.15. The highest BCUT2D eigenvalue weighted by atomic mass is 32.1. The molecule has 1 rings (SSSR count). The molecule has 0 aliphatic rings. The normalized spacial score (nSPS) is 11.3. The standard InChI is InChI=1S/C15H29N3OS/c1-6-7-13-14(10-16-8-9-19-5)20-15(17-13)18(4)11-12(2)3/h12,16H,6-11H2,1-5H3. The lowest BCUT2D eigenvalue weighted by Gasteiger charge is -2.17. The van der Waals surface area contributed by atoms with Gasteiger partial charge in [-0.3, -0.25) is 0 Å². The molecule has 0 aromatic carbocycles. The van der Waals surface area contributed by atoms with Crippen LogP contribution in [0, 0.1) is 5.92 Å². The van der Waals surface area contributed by atoms with Crippen molar-refractivity contribution in [2.45, 2.75) is 40.2 Å². The molecule has 0 aliphatic heterocycles. The summed E-state index contributed by atoms with van der Waals surface area (Å²) >= 11 is 1.82. The van der Waals surface area contributed by atoms with Gasteiger partial charge in [0.05, 0.1) is 12.3 Å². The summed E-state index contributed by atoms with van der Waals surface area (Å²) in [5.74, 6) is 0.654. The van der Waals surface area contributed by atoms with Gasteiger partial charge in [-0.1, -0.05) is 27.2 Å².